The summed E-state index contributed by atoms with van der Waals surface area (Å²) < 4.78 is 12.7. The Bertz CT molecular complexity index is 303. The molecule has 1 aromatic carbocycles. The van der Waals surface area contributed by atoms with E-state index in [0.29, 0.717) is 0 Å². The molecule has 0 unspecified atom stereocenters. The highest BCUT2D eigenvalue weighted by Crippen LogP contribution is 2.49. The molecule has 0 bridgehead atoms. The van der Waals surface area contributed by atoms with Gasteiger partial charge in [-0.25, -0.2) is 4.39 Å². The van der Waals surface area contributed by atoms with Gasteiger partial charge < -0.3 is 5.11 Å². The van der Waals surface area contributed by atoms with Gasteiger partial charge in [-0.1, -0.05) is 34.7 Å². The Morgan fingerprint density at radius 3 is 2.31 bits per heavy atom. The molecule has 0 aliphatic heterocycles. The molecule has 0 spiro atoms. The van der Waals surface area contributed by atoms with Crippen LogP contribution >= 0.6 is 22.6 Å². The van der Waals surface area contributed by atoms with Crippen molar-refractivity contribution >= 4 is 22.6 Å². The first-order chi connectivity index (χ1) is 6.10. The van der Waals surface area contributed by atoms with Crippen LogP contribution < -0.4 is 0 Å². The molecule has 1 N–H and O–H groups in total. The van der Waals surface area contributed by atoms with Gasteiger partial charge in [-0.2, -0.15) is 0 Å². The fraction of sp³-hybridized carbons (Fsp3) is 0.400. The van der Waals surface area contributed by atoms with Crippen LogP contribution in [0.25, 0.3) is 0 Å². The van der Waals surface area contributed by atoms with Crippen molar-refractivity contribution in [1.82, 2.24) is 0 Å². The minimum absolute atomic E-state index is 0.0326. The third kappa shape index (κ3) is 1.72. The van der Waals surface area contributed by atoms with E-state index in [-0.39, 0.29) is 15.3 Å². The summed E-state index contributed by atoms with van der Waals surface area (Å²) in [5.41, 5.74) is 1.11. The first-order valence-electron chi connectivity index (χ1n) is 4.23. The van der Waals surface area contributed by atoms with Gasteiger partial charge >= 0.3 is 0 Å². The van der Waals surface area contributed by atoms with Crippen LogP contribution in [0, 0.1) is 5.82 Å². The zero-order valence-electron chi connectivity index (χ0n) is 7.00. The summed E-state index contributed by atoms with van der Waals surface area (Å²) in [4.78, 5) is 0. The van der Waals surface area contributed by atoms with E-state index >= 15 is 0 Å². The second-order valence-electron chi connectivity index (χ2n) is 3.53. The van der Waals surface area contributed by atoms with Crippen molar-refractivity contribution in [2.75, 3.05) is 0 Å². The first kappa shape index (κ1) is 9.40. The van der Waals surface area contributed by atoms with Crippen LogP contribution in [0.4, 0.5) is 4.39 Å². The van der Waals surface area contributed by atoms with E-state index in [4.69, 9.17) is 0 Å². The lowest BCUT2D eigenvalue weighted by Crippen LogP contribution is -2.39. The van der Waals surface area contributed by atoms with Crippen molar-refractivity contribution < 1.29 is 9.50 Å². The lowest BCUT2D eigenvalue weighted by Gasteiger charge is -2.41. The highest BCUT2D eigenvalue weighted by Gasteiger charge is 2.42. The highest BCUT2D eigenvalue weighted by molar-refractivity contribution is 14.1. The molecular weight excluding hydrogens is 282 g/mol. The second-order valence-corrected chi connectivity index (χ2v) is 5.60. The third-order valence-corrected chi connectivity index (χ3v) is 3.98. The largest absolute Gasteiger partial charge is 0.393 e. The van der Waals surface area contributed by atoms with Crippen molar-refractivity contribution in [3.05, 3.63) is 35.6 Å². The first-order valence-corrected chi connectivity index (χ1v) is 5.31. The molecule has 13 heavy (non-hydrogen) atoms. The molecule has 2 rings (SSSR count). The Kier molecular flexibility index (Phi) is 2.32. The molecule has 0 radical (unpaired) electrons. The number of aliphatic hydroxyl groups excluding tert-OH is 1. The SMILES string of the molecule is OC1CC(I)(c2ccc(F)cc2)C1. The number of alkyl halides is 1. The maximum atomic E-state index is 12.6. The predicted octanol–water partition coefficient (Wildman–Crippen LogP) is 2.61. The average Bonchev–Trinajstić information content (AvgIpc) is 2.03. The van der Waals surface area contributed by atoms with Crippen molar-refractivity contribution in [2.24, 2.45) is 0 Å². The lowest BCUT2D eigenvalue weighted by molar-refractivity contribution is 0.0673. The monoisotopic (exact) mass is 292 g/mol. The fourth-order valence-corrected chi connectivity index (χ4v) is 3.05. The molecule has 1 fully saturated rings. The summed E-state index contributed by atoms with van der Waals surface area (Å²) in [6.07, 6.45) is 1.38. The van der Waals surface area contributed by atoms with Crippen LogP contribution in [0.15, 0.2) is 24.3 Å². The molecule has 1 aliphatic carbocycles. The van der Waals surface area contributed by atoms with E-state index in [1.165, 1.54) is 12.1 Å². The molecule has 1 nitrogen and oxygen atoms in total. The van der Waals surface area contributed by atoms with Crippen molar-refractivity contribution in [3.8, 4) is 0 Å². The number of benzene rings is 1. The van der Waals surface area contributed by atoms with E-state index in [1.807, 2.05) is 0 Å². The van der Waals surface area contributed by atoms with Crippen LogP contribution in [0.5, 0.6) is 0 Å². The van der Waals surface area contributed by atoms with Gasteiger partial charge in [0.05, 0.1) is 9.53 Å². The van der Waals surface area contributed by atoms with Crippen LogP contribution in [0.2, 0.25) is 0 Å². The maximum absolute atomic E-state index is 12.6. The summed E-state index contributed by atoms with van der Waals surface area (Å²) in [5.74, 6) is -0.205. The summed E-state index contributed by atoms with van der Waals surface area (Å²) in [6.45, 7) is 0. The Morgan fingerprint density at radius 2 is 1.85 bits per heavy atom. The molecule has 0 aromatic heterocycles. The van der Waals surface area contributed by atoms with Crippen LogP contribution in [0.1, 0.15) is 18.4 Å². The molecule has 3 heteroatoms. The van der Waals surface area contributed by atoms with Gasteiger partial charge in [0.25, 0.3) is 0 Å². The Morgan fingerprint density at radius 1 is 1.31 bits per heavy atom. The Balaban J connectivity index is 2.22. The van der Waals surface area contributed by atoms with E-state index in [1.54, 1.807) is 12.1 Å². The molecule has 0 atom stereocenters. The summed E-state index contributed by atoms with van der Waals surface area (Å²) in [7, 11) is 0. The minimum atomic E-state index is -0.205. The summed E-state index contributed by atoms with van der Waals surface area (Å²) in [5, 5.41) is 9.22. The normalized spacial score (nSPS) is 32.7. The van der Waals surface area contributed by atoms with Crippen molar-refractivity contribution in [3.63, 3.8) is 0 Å². The smallest absolute Gasteiger partial charge is 0.123 e. The number of halogens is 2. The zero-order valence-corrected chi connectivity index (χ0v) is 9.16. The number of hydrogen-bond donors (Lipinski definition) is 1. The van der Waals surface area contributed by atoms with Gasteiger partial charge in [0.15, 0.2) is 0 Å². The van der Waals surface area contributed by atoms with Gasteiger partial charge in [0.2, 0.25) is 0 Å². The third-order valence-electron chi connectivity index (χ3n) is 2.48. The van der Waals surface area contributed by atoms with Gasteiger partial charge in [-0.05, 0) is 30.5 Å². The highest BCUT2D eigenvalue weighted by atomic mass is 127. The van der Waals surface area contributed by atoms with Gasteiger partial charge in [0.1, 0.15) is 5.82 Å². The zero-order chi connectivity index (χ0) is 9.47. The van der Waals surface area contributed by atoms with Gasteiger partial charge in [-0.3, -0.25) is 0 Å². The fourth-order valence-electron chi connectivity index (χ4n) is 1.67. The van der Waals surface area contributed by atoms with Gasteiger partial charge in [0, 0.05) is 0 Å². The van der Waals surface area contributed by atoms with E-state index < -0.39 is 0 Å². The van der Waals surface area contributed by atoms with E-state index in [0.717, 1.165) is 18.4 Å². The van der Waals surface area contributed by atoms with E-state index in [9.17, 15) is 9.50 Å². The molecule has 1 aromatic rings. The quantitative estimate of drug-likeness (QED) is 0.623. The molecule has 70 valence electrons. The Hall–Kier alpha value is -0.160. The van der Waals surface area contributed by atoms with Crippen molar-refractivity contribution in [1.29, 1.82) is 0 Å². The van der Waals surface area contributed by atoms with E-state index in [2.05, 4.69) is 22.6 Å². The molecule has 0 saturated heterocycles. The van der Waals surface area contributed by atoms with Crippen molar-refractivity contribution in [2.45, 2.75) is 22.4 Å². The summed E-state index contributed by atoms with van der Waals surface area (Å²) in [6, 6.07) is 6.54. The molecule has 0 amide bonds. The second kappa shape index (κ2) is 3.20. The standard InChI is InChI=1S/C10H10FIO/c11-8-3-1-7(2-4-8)10(12)5-9(13)6-10/h1-4,9,13H,5-6H2. The number of aliphatic hydroxyl groups is 1. The molecule has 1 aliphatic rings. The molecular formula is C10H10FIO. The van der Waals surface area contributed by atoms with Crippen LogP contribution in [-0.2, 0) is 3.42 Å². The van der Waals surface area contributed by atoms with Crippen LogP contribution in [0.3, 0.4) is 0 Å². The maximum Gasteiger partial charge on any atom is 0.123 e. The lowest BCUT2D eigenvalue weighted by atomic mass is 9.77. The average molecular weight is 292 g/mol. The van der Waals surface area contributed by atoms with Gasteiger partial charge in [-0.15, -0.1) is 0 Å². The number of rotatable bonds is 1. The van der Waals surface area contributed by atoms with Crippen LogP contribution in [-0.4, -0.2) is 11.2 Å². The minimum Gasteiger partial charge on any atom is -0.393 e. The topological polar surface area (TPSA) is 20.2 Å². The predicted molar refractivity (Wildman–Crippen MR) is 57.3 cm³/mol. The Labute approximate surface area is 90.1 Å². The summed E-state index contributed by atoms with van der Waals surface area (Å²) >= 11 is 2.34. The number of hydrogen-bond acceptors (Lipinski definition) is 1. The molecule has 1 saturated carbocycles. The molecule has 0 heterocycles.